The van der Waals surface area contributed by atoms with Gasteiger partial charge in [0.15, 0.2) is 5.84 Å². The number of hydrogen-bond donors (Lipinski definition) is 2. The molecule has 0 saturated heterocycles. The topological polar surface area (TPSA) is 71.1 Å². The zero-order valence-electron chi connectivity index (χ0n) is 11.6. The molecule has 1 aromatic carbocycles. The molecule has 1 saturated carbocycles. The van der Waals surface area contributed by atoms with Gasteiger partial charge in [-0.25, -0.2) is 0 Å². The van der Waals surface area contributed by atoms with Crippen LogP contribution in [0.2, 0.25) is 5.02 Å². The van der Waals surface area contributed by atoms with Gasteiger partial charge in [-0.05, 0) is 37.0 Å². The van der Waals surface area contributed by atoms with Gasteiger partial charge < -0.3 is 20.6 Å². The lowest BCUT2D eigenvalue weighted by molar-refractivity contribution is 0.131. The van der Waals surface area contributed by atoms with Gasteiger partial charge in [0.1, 0.15) is 0 Å². The van der Waals surface area contributed by atoms with Gasteiger partial charge >= 0.3 is 0 Å². The molecule has 2 rings (SSSR count). The number of likely N-dealkylation sites (N-methyl/N-ethyl adjacent to an activating group) is 1. The van der Waals surface area contributed by atoms with Gasteiger partial charge in [0, 0.05) is 25.8 Å². The third kappa shape index (κ3) is 4.02. The van der Waals surface area contributed by atoms with Crippen LogP contribution in [0.15, 0.2) is 23.4 Å². The molecule has 1 aromatic rings. The first-order valence-corrected chi connectivity index (χ1v) is 7.06. The molecule has 1 aliphatic carbocycles. The summed E-state index contributed by atoms with van der Waals surface area (Å²) in [7, 11) is 1.96. The van der Waals surface area contributed by atoms with Crippen molar-refractivity contribution in [2.75, 3.05) is 31.7 Å². The highest BCUT2D eigenvalue weighted by atomic mass is 35.5. The summed E-state index contributed by atoms with van der Waals surface area (Å²) >= 11 is 6.22. The van der Waals surface area contributed by atoms with Crippen LogP contribution in [0.1, 0.15) is 18.4 Å². The van der Waals surface area contributed by atoms with Crippen LogP contribution in [0.3, 0.4) is 0 Å². The van der Waals surface area contributed by atoms with Gasteiger partial charge in [-0.15, -0.1) is 0 Å². The molecular formula is C14H20ClN3O2. The number of anilines is 1. The highest BCUT2D eigenvalue weighted by Crippen LogP contribution is 2.29. The van der Waals surface area contributed by atoms with Crippen LogP contribution in [-0.2, 0) is 4.74 Å². The summed E-state index contributed by atoms with van der Waals surface area (Å²) in [5.74, 6) is 0.831. The Morgan fingerprint density at radius 3 is 2.90 bits per heavy atom. The fraction of sp³-hybridized carbons (Fsp3) is 0.500. The van der Waals surface area contributed by atoms with Gasteiger partial charge in [-0.2, -0.15) is 0 Å². The maximum atomic E-state index is 8.64. The van der Waals surface area contributed by atoms with Crippen molar-refractivity contribution in [1.82, 2.24) is 0 Å². The predicted octanol–water partition coefficient (Wildman–Crippen LogP) is 2.30. The molecule has 1 fully saturated rings. The molecule has 0 bridgehead atoms. The number of rotatable bonds is 7. The lowest BCUT2D eigenvalue weighted by Gasteiger charge is -2.21. The Bertz CT molecular complexity index is 489. The SMILES string of the molecule is CN(CCOCC1CC1)c1ccc(/C(N)=N/O)cc1Cl. The average Bonchev–Trinajstić information content (AvgIpc) is 3.26. The van der Waals surface area contributed by atoms with Crippen LogP contribution in [0, 0.1) is 5.92 Å². The molecule has 3 N–H and O–H groups in total. The number of nitrogens with two attached hydrogens (primary N) is 1. The van der Waals surface area contributed by atoms with Gasteiger partial charge in [0.2, 0.25) is 0 Å². The quantitative estimate of drug-likeness (QED) is 0.266. The Morgan fingerprint density at radius 1 is 1.55 bits per heavy atom. The smallest absolute Gasteiger partial charge is 0.170 e. The Labute approximate surface area is 124 Å². The van der Waals surface area contributed by atoms with Crippen molar-refractivity contribution in [3.05, 3.63) is 28.8 Å². The van der Waals surface area contributed by atoms with E-state index in [1.54, 1.807) is 12.1 Å². The first-order chi connectivity index (χ1) is 9.61. The van der Waals surface area contributed by atoms with E-state index in [9.17, 15) is 0 Å². The van der Waals surface area contributed by atoms with Gasteiger partial charge in [0.25, 0.3) is 0 Å². The fourth-order valence-corrected chi connectivity index (χ4v) is 2.21. The number of ether oxygens (including phenoxy) is 1. The third-order valence-corrected chi connectivity index (χ3v) is 3.69. The van der Waals surface area contributed by atoms with E-state index in [2.05, 4.69) is 5.16 Å². The summed E-state index contributed by atoms with van der Waals surface area (Å²) in [5.41, 5.74) is 7.03. The van der Waals surface area contributed by atoms with E-state index in [0.717, 1.165) is 24.8 Å². The zero-order valence-corrected chi connectivity index (χ0v) is 12.3. The second-order valence-electron chi connectivity index (χ2n) is 5.09. The molecule has 0 amide bonds. The molecule has 110 valence electrons. The molecule has 0 unspecified atom stereocenters. The Morgan fingerprint density at radius 2 is 2.30 bits per heavy atom. The Hall–Kier alpha value is -1.46. The van der Waals surface area contributed by atoms with Crippen molar-refractivity contribution >= 4 is 23.1 Å². The van der Waals surface area contributed by atoms with Crippen LogP contribution in [0.5, 0.6) is 0 Å². The number of benzene rings is 1. The lowest BCUT2D eigenvalue weighted by Crippen LogP contribution is -2.23. The molecule has 20 heavy (non-hydrogen) atoms. The first kappa shape index (κ1) is 14.9. The highest BCUT2D eigenvalue weighted by Gasteiger charge is 2.21. The third-order valence-electron chi connectivity index (χ3n) is 3.38. The summed E-state index contributed by atoms with van der Waals surface area (Å²) in [6.07, 6.45) is 2.61. The van der Waals surface area contributed by atoms with Crippen LogP contribution >= 0.6 is 11.6 Å². The van der Waals surface area contributed by atoms with Crippen LogP contribution in [0.4, 0.5) is 5.69 Å². The summed E-state index contributed by atoms with van der Waals surface area (Å²) in [6.45, 7) is 2.32. The van der Waals surface area contributed by atoms with Crippen molar-refractivity contribution in [2.24, 2.45) is 16.8 Å². The fourth-order valence-electron chi connectivity index (χ4n) is 1.89. The molecule has 1 aliphatic rings. The van der Waals surface area contributed by atoms with Crippen molar-refractivity contribution in [2.45, 2.75) is 12.8 Å². The monoisotopic (exact) mass is 297 g/mol. The molecular weight excluding hydrogens is 278 g/mol. The maximum Gasteiger partial charge on any atom is 0.170 e. The Balaban J connectivity index is 1.89. The van der Waals surface area contributed by atoms with E-state index < -0.39 is 0 Å². The minimum atomic E-state index is 0.0499. The molecule has 5 nitrogen and oxygen atoms in total. The average molecular weight is 298 g/mol. The van der Waals surface area contributed by atoms with E-state index in [0.29, 0.717) is 17.2 Å². The summed E-state index contributed by atoms with van der Waals surface area (Å²) in [5, 5.41) is 12.2. The number of halogens is 1. The van der Waals surface area contributed by atoms with Crippen molar-refractivity contribution in [3.8, 4) is 0 Å². The van der Waals surface area contributed by atoms with Gasteiger partial charge in [0.05, 0.1) is 17.3 Å². The predicted molar refractivity (Wildman–Crippen MR) is 80.8 cm³/mol. The minimum Gasteiger partial charge on any atom is -0.409 e. The number of hydrogen-bond acceptors (Lipinski definition) is 4. The lowest BCUT2D eigenvalue weighted by atomic mass is 10.2. The van der Waals surface area contributed by atoms with Crippen molar-refractivity contribution in [3.63, 3.8) is 0 Å². The van der Waals surface area contributed by atoms with Gasteiger partial charge in [-0.3, -0.25) is 0 Å². The largest absolute Gasteiger partial charge is 0.409 e. The second kappa shape index (κ2) is 6.81. The standard InChI is InChI=1S/C14H20ClN3O2/c1-18(6-7-20-9-10-2-3-10)13-5-4-11(8-12(13)15)14(16)17-19/h4-5,8,10,19H,2-3,6-7,9H2,1H3,(H2,16,17). The molecule has 6 heteroatoms. The van der Waals surface area contributed by atoms with Crippen LogP contribution in [-0.4, -0.2) is 37.8 Å². The molecule has 0 radical (unpaired) electrons. The highest BCUT2D eigenvalue weighted by molar-refractivity contribution is 6.33. The Kier molecular flexibility index (Phi) is 5.09. The van der Waals surface area contributed by atoms with E-state index in [4.69, 9.17) is 27.3 Å². The van der Waals surface area contributed by atoms with Gasteiger partial charge in [-0.1, -0.05) is 16.8 Å². The zero-order chi connectivity index (χ0) is 14.5. The molecule has 0 heterocycles. The number of nitrogens with zero attached hydrogens (tertiary/aromatic N) is 2. The molecule has 0 aromatic heterocycles. The molecule has 0 atom stereocenters. The number of amidine groups is 1. The first-order valence-electron chi connectivity index (χ1n) is 6.68. The van der Waals surface area contributed by atoms with Crippen LogP contribution < -0.4 is 10.6 Å². The summed E-state index contributed by atoms with van der Waals surface area (Å²) in [4.78, 5) is 2.03. The summed E-state index contributed by atoms with van der Waals surface area (Å²) < 4.78 is 5.61. The van der Waals surface area contributed by atoms with E-state index in [1.165, 1.54) is 12.8 Å². The van der Waals surface area contributed by atoms with E-state index in [-0.39, 0.29) is 5.84 Å². The minimum absolute atomic E-state index is 0.0499. The second-order valence-corrected chi connectivity index (χ2v) is 5.50. The normalized spacial score (nSPS) is 15.4. The van der Waals surface area contributed by atoms with Crippen molar-refractivity contribution < 1.29 is 9.94 Å². The van der Waals surface area contributed by atoms with Crippen molar-refractivity contribution in [1.29, 1.82) is 0 Å². The van der Waals surface area contributed by atoms with E-state index in [1.807, 2.05) is 18.0 Å². The van der Waals surface area contributed by atoms with E-state index >= 15 is 0 Å². The molecule has 0 aliphatic heterocycles. The molecule has 0 spiro atoms. The maximum absolute atomic E-state index is 8.64. The summed E-state index contributed by atoms with van der Waals surface area (Å²) in [6, 6.07) is 5.32. The number of oxime groups is 1. The van der Waals surface area contributed by atoms with Crippen LogP contribution in [0.25, 0.3) is 0 Å².